The van der Waals surface area contributed by atoms with E-state index >= 15 is 0 Å². The molecule has 162 valence electrons. The molecule has 0 aliphatic rings. The standard InChI is InChI=1S/C24H25NO6/c1-6-29-23(28)24(2,3)31-18-10-7-15(8-11-18)21(26)19-14-16-13-17(25(4)5)9-12-20(16)30-22(19)27/h7-14H,6H2,1-5H3. The summed E-state index contributed by atoms with van der Waals surface area (Å²) in [5, 5.41) is 0.658. The summed E-state index contributed by atoms with van der Waals surface area (Å²) in [5.41, 5.74) is -0.285. The van der Waals surface area contributed by atoms with E-state index in [9.17, 15) is 14.4 Å². The molecule has 0 saturated carbocycles. The van der Waals surface area contributed by atoms with E-state index in [4.69, 9.17) is 13.9 Å². The first-order valence-electron chi connectivity index (χ1n) is 9.88. The third kappa shape index (κ3) is 4.77. The van der Waals surface area contributed by atoms with Crippen molar-refractivity contribution in [3.05, 3.63) is 70.1 Å². The molecular formula is C24H25NO6. The van der Waals surface area contributed by atoms with Crippen molar-refractivity contribution in [1.29, 1.82) is 0 Å². The van der Waals surface area contributed by atoms with Gasteiger partial charge in [-0.25, -0.2) is 9.59 Å². The van der Waals surface area contributed by atoms with E-state index in [1.54, 1.807) is 57.2 Å². The predicted molar refractivity (Wildman–Crippen MR) is 118 cm³/mol. The molecule has 0 atom stereocenters. The van der Waals surface area contributed by atoms with Crippen LogP contribution in [0.4, 0.5) is 5.69 Å². The average Bonchev–Trinajstić information content (AvgIpc) is 2.72. The summed E-state index contributed by atoms with van der Waals surface area (Å²) in [7, 11) is 3.80. The van der Waals surface area contributed by atoms with Crippen molar-refractivity contribution in [3.63, 3.8) is 0 Å². The molecule has 0 N–H and O–H groups in total. The van der Waals surface area contributed by atoms with Crippen LogP contribution < -0.4 is 15.3 Å². The number of hydrogen-bond donors (Lipinski definition) is 0. The van der Waals surface area contributed by atoms with Crippen molar-refractivity contribution < 1.29 is 23.5 Å². The molecule has 0 fully saturated rings. The van der Waals surface area contributed by atoms with Crippen LogP contribution in [-0.2, 0) is 9.53 Å². The van der Waals surface area contributed by atoms with Crippen LogP contribution in [0.3, 0.4) is 0 Å². The topological polar surface area (TPSA) is 86.1 Å². The number of benzene rings is 2. The highest BCUT2D eigenvalue weighted by molar-refractivity contribution is 6.10. The molecule has 31 heavy (non-hydrogen) atoms. The molecule has 0 spiro atoms. The maximum absolute atomic E-state index is 12.9. The molecule has 0 bridgehead atoms. The highest BCUT2D eigenvalue weighted by atomic mass is 16.6. The van der Waals surface area contributed by atoms with Crippen molar-refractivity contribution in [2.45, 2.75) is 26.4 Å². The second kappa shape index (κ2) is 8.63. The van der Waals surface area contributed by atoms with E-state index in [1.807, 2.05) is 31.1 Å². The van der Waals surface area contributed by atoms with Crippen molar-refractivity contribution in [3.8, 4) is 5.75 Å². The fraction of sp³-hybridized carbons (Fsp3) is 0.292. The fourth-order valence-corrected chi connectivity index (χ4v) is 3.02. The number of anilines is 1. The SMILES string of the molecule is CCOC(=O)C(C)(C)Oc1ccc(C(=O)c2cc3cc(N(C)C)ccc3oc2=O)cc1. The lowest BCUT2D eigenvalue weighted by molar-refractivity contribution is -0.158. The summed E-state index contributed by atoms with van der Waals surface area (Å²) < 4.78 is 16.0. The van der Waals surface area contributed by atoms with Crippen LogP contribution in [0.25, 0.3) is 11.0 Å². The Morgan fingerprint density at radius 1 is 1.03 bits per heavy atom. The molecular weight excluding hydrogens is 398 g/mol. The highest BCUT2D eigenvalue weighted by Crippen LogP contribution is 2.23. The molecule has 3 aromatic rings. The predicted octanol–water partition coefficient (Wildman–Crippen LogP) is 3.81. The molecule has 0 aliphatic carbocycles. The second-order valence-electron chi connectivity index (χ2n) is 7.75. The normalized spacial score (nSPS) is 11.3. The summed E-state index contributed by atoms with van der Waals surface area (Å²) >= 11 is 0. The zero-order chi connectivity index (χ0) is 22.8. The first kappa shape index (κ1) is 22.1. The maximum Gasteiger partial charge on any atom is 0.349 e. The highest BCUT2D eigenvalue weighted by Gasteiger charge is 2.31. The van der Waals surface area contributed by atoms with Gasteiger partial charge in [-0.1, -0.05) is 0 Å². The van der Waals surface area contributed by atoms with Gasteiger partial charge in [-0.2, -0.15) is 0 Å². The maximum atomic E-state index is 12.9. The van der Waals surface area contributed by atoms with E-state index in [2.05, 4.69) is 0 Å². The number of ether oxygens (including phenoxy) is 2. The molecule has 0 aliphatic heterocycles. The Hall–Kier alpha value is -3.61. The number of hydrogen-bond acceptors (Lipinski definition) is 7. The lowest BCUT2D eigenvalue weighted by Gasteiger charge is -2.24. The zero-order valence-corrected chi connectivity index (χ0v) is 18.2. The van der Waals surface area contributed by atoms with Crippen LogP contribution in [0.15, 0.2) is 57.7 Å². The minimum Gasteiger partial charge on any atom is -0.476 e. The largest absolute Gasteiger partial charge is 0.476 e. The zero-order valence-electron chi connectivity index (χ0n) is 18.2. The van der Waals surface area contributed by atoms with Crippen LogP contribution in [0, 0.1) is 0 Å². The molecule has 7 heteroatoms. The Morgan fingerprint density at radius 2 is 1.71 bits per heavy atom. The molecule has 0 radical (unpaired) electrons. The molecule has 1 heterocycles. The smallest absolute Gasteiger partial charge is 0.349 e. The van der Waals surface area contributed by atoms with Crippen LogP contribution in [-0.4, -0.2) is 38.1 Å². The molecule has 7 nitrogen and oxygen atoms in total. The number of nitrogens with zero attached hydrogens (tertiary/aromatic N) is 1. The van der Waals surface area contributed by atoms with Gasteiger partial charge in [0.1, 0.15) is 16.9 Å². The summed E-state index contributed by atoms with van der Waals surface area (Å²) in [6.45, 7) is 5.18. The van der Waals surface area contributed by atoms with Gasteiger partial charge in [0.25, 0.3) is 0 Å². The van der Waals surface area contributed by atoms with Gasteiger partial charge in [0.05, 0.1) is 6.61 Å². The third-order valence-electron chi connectivity index (χ3n) is 4.73. The number of rotatable bonds is 7. The number of carbonyl (C=O) groups excluding carboxylic acids is 2. The molecule has 2 aromatic carbocycles. The summed E-state index contributed by atoms with van der Waals surface area (Å²) in [5.74, 6) is -0.543. The Balaban J connectivity index is 1.87. The van der Waals surface area contributed by atoms with Gasteiger partial charge in [-0.3, -0.25) is 4.79 Å². The number of fused-ring (bicyclic) bond motifs is 1. The molecule has 3 rings (SSSR count). The monoisotopic (exact) mass is 423 g/mol. The van der Waals surface area contributed by atoms with Crippen LogP contribution >= 0.6 is 0 Å². The number of carbonyl (C=O) groups is 2. The minimum atomic E-state index is -1.18. The minimum absolute atomic E-state index is 0.0519. The van der Waals surface area contributed by atoms with Crippen LogP contribution in [0.5, 0.6) is 5.75 Å². The fourth-order valence-electron chi connectivity index (χ4n) is 3.02. The van der Waals surface area contributed by atoms with Gasteiger partial charge in [0.15, 0.2) is 11.4 Å². The Bertz CT molecular complexity index is 1170. The molecule has 1 aromatic heterocycles. The lowest BCUT2D eigenvalue weighted by Crippen LogP contribution is -2.39. The average molecular weight is 423 g/mol. The van der Waals surface area contributed by atoms with E-state index in [0.717, 1.165) is 5.69 Å². The number of ketones is 1. The van der Waals surface area contributed by atoms with Gasteiger partial charge in [0.2, 0.25) is 0 Å². The van der Waals surface area contributed by atoms with E-state index < -0.39 is 23.0 Å². The summed E-state index contributed by atoms with van der Waals surface area (Å²) in [4.78, 5) is 39.2. The molecule has 0 saturated heterocycles. The van der Waals surface area contributed by atoms with Crippen molar-refractivity contribution in [2.75, 3.05) is 25.6 Å². The number of esters is 1. The first-order chi connectivity index (χ1) is 14.6. The van der Waals surface area contributed by atoms with Gasteiger partial charge in [0, 0.05) is 30.7 Å². The van der Waals surface area contributed by atoms with Gasteiger partial charge >= 0.3 is 11.6 Å². The second-order valence-corrected chi connectivity index (χ2v) is 7.75. The van der Waals surface area contributed by atoms with Crippen LogP contribution in [0.1, 0.15) is 36.7 Å². The molecule has 0 unspecified atom stereocenters. The van der Waals surface area contributed by atoms with Gasteiger partial charge in [-0.05, 0) is 69.3 Å². The summed E-state index contributed by atoms with van der Waals surface area (Å²) in [6, 6.07) is 13.2. The van der Waals surface area contributed by atoms with Crippen molar-refractivity contribution in [2.24, 2.45) is 0 Å². The van der Waals surface area contributed by atoms with E-state index in [-0.39, 0.29) is 12.2 Å². The third-order valence-corrected chi connectivity index (χ3v) is 4.73. The van der Waals surface area contributed by atoms with E-state index in [1.165, 1.54) is 0 Å². The van der Waals surface area contributed by atoms with Crippen molar-refractivity contribution >= 4 is 28.4 Å². The summed E-state index contributed by atoms with van der Waals surface area (Å²) in [6.07, 6.45) is 0. The molecule has 0 amide bonds. The van der Waals surface area contributed by atoms with Gasteiger partial charge < -0.3 is 18.8 Å². The Morgan fingerprint density at radius 3 is 2.32 bits per heavy atom. The van der Waals surface area contributed by atoms with Gasteiger partial charge in [-0.15, -0.1) is 0 Å². The lowest BCUT2D eigenvalue weighted by atomic mass is 10.0. The quantitative estimate of drug-likeness (QED) is 0.324. The van der Waals surface area contributed by atoms with Crippen LogP contribution in [0.2, 0.25) is 0 Å². The Kier molecular flexibility index (Phi) is 6.15. The Labute approximate surface area is 180 Å². The first-order valence-corrected chi connectivity index (χ1v) is 9.88. The van der Waals surface area contributed by atoms with Crippen molar-refractivity contribution in [1.82, 2.24) is 0 Å². The van der Waals surface area contributed by atoms with E-state index in [0.29, 0.717) is 22.3 Å².